The summed E-state index contributed by atoms with van der Waals surface area (Å²) in [4.78, 5) is 4.46. The van der Waals surface area contributed by atoms with Crippen molar-refractivity contribution in [1.29, 1.82) is 0 Å². The van der Waals surface area contributed by atoms with E-state index in [-0.39, 0.29) is 20.1 Å². The van der Waals surface area contributed by atoms with Crippen molar-refractivity contribution in [3.63, 3.8) is 0 Å². The van der Waals surface area contributed by atoms with Crippen LogP contribution in [0.4, 0.5) is 34.1 Å². The zero-order valence-corrected chi connectivity index (χ0v) is 42.1. The maximum absolute atomic E-state index is 7.15. The highest BCUT2D eigenvalue weighted by Crippen LogP contribution is 2.47. The molecule has 6 aliphatic heterocycles. The largest absolute Gasteiger partial charge is 0.458 e. The Morgan fingerprint density at radius 1 is 0.231 bits per heavy atom. The van der Waals surface area contributed by atoms with Crippen molar-refractivity contribution < 1.29 is 28.4 Å². The Balaban J connectivity index is 0.833. The van der Waals surface area contributed by atoms with Gasteiger partial charge in [0.1, 0.15) is 69.0 Å². The molecule has 0 spiro atoms. The summed E-state index contributed by atoms with van der Waals surface area (Å²) in [6.45, 7) is -0.751. The zero-order chi connectivity index (χ0) is 51.2. The lowest BCUT2D eigenvalue weighted by molar-refractivity contribution is 0.448. The number of halogens is 1. The normalized spacial score (nSPS) is 13.5. The van der Waals surface area contributed by atoms with Gasteiger partial charge < -0.3 is 38.2 Å². The number of nitrogens with zero attached hydrogens (tertiary/aromatic N) is 2. The summed E-state index contributed by atoms with van der Waals surface area (Å²) in [5.41, 5.74) is 14.8. The third-order valence-electron chi connectivity index (χ3n) is 16.0. The molecule has 78 heavy (non-hydrogen) atoms. The fourth-order valence-corrected chi connectivity index (χ4v) is 13.0. The van der Waals surface area contributed by atoms with E-state index in [1.807, 2.05) is 48.5 Å². The van der Waals surface area contributed by atoms with Crippen LogP contribution in [-0.2, 0) is 0 Å². The molecule has 0 saturated carbocycles. The van der Waals surface area contributed by atoms with E-state index in [2.05, 4.69) is 192 Å². The molecular weight excluding hydrogens is 985 g/mol. The summed E-state index contributed by atoms with van der Waals surface area (Å²) in [6.07, 6.45) is 0. The van der Waals surface area contributed by atoms with Gasteiger partial charge in [0.15, 0.2) is 0 Å². The van der Waals surface area contributed by atoms with Crippen LogP contribution in [0, 0.1) is 0 Å². The molecule has 0 fully saturated rings. The summed E-state index contributed by atoms with van der Waals surface area (Å²) in [6, 6.07) is 79.2. The van der Waals surface area contributed by atoms with Gasteiger partial charge >= 0.3 is 0 Å². The Kier molecular flexibility index (Phi) is 9.29. The highest BCUT2D eigenvalue weighted by atomic mass is 35.5. The van der Waals surface area contributed by atoms with Crippen LogP contribution in [0.2, 0.25) is 5.02 Å². The molecular formula is C66H38B3ClN2O6. The van der Waals surface area contributed by atoms with Gasteiger partial charge in [-0.1, -0.05) is 133 Å². The molecule has 0 saturated heterocycles. The van der Waals surface area contributed by atoms with Gasteiger partial charge in [0, 0.05) is 80.6 Å². The van der Waals surface area contributed by atoms with Crippen LogP contribution in [-0.4, -0.2) is 20.1 Å². The maximum Gasteiger partial charge on any atom is 0.260 e. The second-order valence-corrected chi connectivity index (χ2v) is 20.8. The van der Waals surface area contributed by atoms with Gasteiger partial charge in [-0.05, 0) is 106 Å². The third kappa shape index (κ3) is 6.52. The Morgan fingerprint density at radius 3 is 0.833 bits per heavy atom. The summed E-state index contributed by atoms with van der Waals surface area (Å²) < 4.78 is 42.0. The van der Waals surface area contributed by atoms with E-state index in [0.717, 1.165) is 106 Å². The van der Waals surface area contributed by atoms with Gasteiger partial charge in [-0.25, -0.2) is 0 Å². The smallest absolute Gasteiger partial charge is 0.260 e. The van der Waals surface area contributed by atoms with Crippen LogP contribution < -0.4 is 87.4 Å². The molecule has 0 aromatic heterocycles. The molecule has 364 valence electrons. The number of hydrogen-bond donors (Lipinski definition) is 0. The zero-order valence-electron chi connectivity index (χ0n) is 41.4. The molecule has 0 unspecified atom stereocenters. The van der Waals surface area contributed by atoms with E-state index < -0.39 is 0 Å². The highest BCUT2D eigenvalue weighted by molar-refractivity contribution is 7.02. The van der Waals surface area contributed by atoms with Gasteiger partial charge in [0.2, 0.25) is 0 Å². The van der Waals surface area contributed by atoms with Crippen molar-refractivity contribution in [3.8, 4) is 69.0 Å². The minimum atomic E-state index is -0.317. The number of para-hydroxylation sites is 6. The molecule has 17 rings (SSSR count). The first-order valence-electron chi connectivity index (χ1n) is 26.1. The van der Waals surface area contributed by atoms with E-state index in [1.165, 1.54) is 0 Å². The number of hydrogen-bond acceptors (Lipinski definition) is 8. The minimum absolute atomic E-state index is 0.217. The molecule has 0 radical (unpaired) electrons. The predicted octanol–water partition coefficient (Wildman–Crippen LogP) is 11.5. The summed E-state index contributed by atoms with van der Waals surface area (Å²) >= 11 is 6.96. The summed E-state index contributed by atoms with van der Waals surface area (Å²) in [5.74, 6) is 8.53. The minimum Gasteiger partial charge on any atom is -0.458 e. The molecule has 0 N–H and O–H groups in total. The van der Waals surface area contributed by atoms with Crippen molar-refractivity contribution in [2.24, 2.45) is 0 Å². The number of ether oxygens (including phenoxy) is 6. The van der Waals surface area contributed by atoms with E-state index in [0.29, 0.717) is 51.0 Å². The first-order chi connectivity index (χ1) is 38.5. The van der Waals surface area contributed by atoms with Gasteiger partial charge in [-0.2, -0.15) is 0 Å². The van der Waals surface area contributed by atoms with Gasteiger partial charge in [-0.15, -0.1) is 0 Å². The lowest BCUT2D eigenvalue weighted by Crippen LogP contribution is -2.63. The third-order valence-corrected chi connectivity index (χ3v) is 16.2. The topological polar surface area (TPSA) is 61.9 Å². The van der Waals surface area contributed by atoms with Crippen LogP contribution in [0.3, 0.4) is 0 Å². The Morgan fingerprint density at radius 2 is 0.500 bits per heavy atom. The van der Waals surface area contributed by atoms with Crippen LogP contribution in [0.25, 0.3) is 0 Å². The molecule has 0 atom stereocenters. The van der Waals surface area contributed by atoms with Crippen molar-refractivity contribution in [3.05, 3.63) is 236 Å². The summed E-state index contributed by atoms with van der Waals surface area (Å²) in [5, 5.41) is 0.501. The lowest BCUT2D eigenvalue weighted by Gasteiger charge is -2.38. The molecule has 0 aliphatic carbocycles. The Hall–Kier alpha value is -9.70. The average Bonchev–Trinajstić information content (AvgIpc) is 3.59. The Bertz CT molecular complexity index is 3990. The van der Waals surface area contributed by atoms with Crippen molar-refractivity contribution in [2.45, 2.75) is 0 Å². The standard InChI is InChI=1S/C66H38B3ClN2O6/c70-39-29-58-64-59(30-39)76-57-38-55-49(68-47-26-14-16-28-53(47)74-61-32-45(34-63(78-55)66(61)68)72(42-21-9-3-10-22-42)43-23-11-4-12-24-43)36-51(57)69(64)50-35-48-54(37-56(50)75-58)77-62-33-44(31-60-65(62)67(48)46-25-13-15-27-52(46)73-60)71(40-17-5-1-6-18-40)41-19-7-2-8-20-41/h1-38H. The molecule has 8 nitrogen and oxygen atoms in total. The van der Waals surface area contributed by atoms with E-state index in [9.17, 15) is 0 Å². The highest BCUT2D eigenvalue weighted by Gasteiger charge is 2.48. The molecule has 12 heteroatoms. The molecule has 0 amide bonds. The fraction of sp³-hybridized carbons (Fsp3) is 0. The SMILES string of the molecule is Clc1cc2c3c(c1)Oc1cc4c(cc1B3c1cc3c(cc1O2)Oc1cc(N(c2ccccc2)c2ccccc2)cc2c1B3c1ccccc1O2)B1c2ccccc2Oc2cc(N(c3ccccc3)c3ccccc3)cc(c21)O4. The second-order valence-electron chi connectivity index (χ2n) is 20.4. The van der Waals surface area contributed by atoms with Crippen LogP contribution in [0.5, 0.6) is 69.0 Å². The van der Waals surface area contributed by atoms with Crippen LogP contribution in [0.15, 0.2) is 231 Å². The number of rotatable bonds is 6. The monoisotopic (exact) mass is 1020 g/mol. The molecule has 6 aliphatic rings. The molecule has 11 aromatic rings. The molecule has 0 bridgehead atoms. The van der Waals surface area contributed by atoms with E-state index in [1.54, 1.807) is 0 Å². The fourth-order valence-electron chi connectivity index (χ4n) is 12.8. The maximum atomic E-state index is 7.15. The average molecular weight is 1020 g/mol. The van der Waals surface area contributed by atoms with E-state index >= 15 is 0 Å². The van der Waals surface area contributed by atoms with Gasteiger partial charge in [0.25, 0.3) is 20.1 Å². The first-order valence-corrected chi connectivity index (χ1v) is 26.5. The number of benzene rings is 11. The van der Waals surface area contributed by atoms with Crippen molar-refractivity contribution in [1.82, 2.24) is 0 Å². The number of anilines is 6. The van der Waals surface area contributed by atoms with Gasteiger partial charge in [0.05, 0.1) is 11.4 Å². The van der Waals surface area contributed by atoms with Crippen molar-refractivity contribution in [2.75, 3.05) is 9.80 Å². The number of fused-ring (bicyclic) bond motifs is 12. The second kappa shape index (κ2) is 16.7. The van der Waals surface area contributed by atoms with Crippen LogP contribution in [0.1, 0.15) is 0 Å². The predicted molar refractivity (Wildman–Crippen MR) is 314 cm³/mol. The summed E-state index contributed by atoms with van der Waals surface area (Å²) in [7, 11) is 0. The van der Waals surface area contributed by atoms with Gasteiger partial charge in [-0.3, -0.25) is 0 Å². The van der Waals surface area contributed by atoms with E-state index in [4.69, 9.17) is 40.0 Å². The molecule has 6 heterocycles. The quantitative estimate of drug-likeness (QED) is 0.153. The lowest BCUT2D eigenvalue weighted by atomic mass is 9.30. The van der Waals surface area contributed by atoms with Crippen LogP contribution >= 0.6 is 11.6 Å². The van der Waals surface area contributed by atoms with Crippen molar-refractivity contribution >= 4 is 115 Å². The first kappa shape index (κ1) is 43.5. The Labute approximate surface area is 455 Å². The molecule has 11 aromatic carbocycles.